The molecule has 0 aliphatic rings. The maximum atomic E-state index is 8.01. The highest BCUT2D eigenvalue weighted by Gasteiger charge is 2.13. The SMILES string of the molecule is N=C(NCCCc1c[nH]cn1)NCCCC(c1ccccc1)c1ccccc1. The Balaban J connectivity index is 1.39. The van der Waals surface area contributed by atoms with Gasteiger partial charge in [-0.25, -0.2) is 4.98 Å². The third kappa shape index (κ3) is 6.27. The summed E-state index contributed by atoms with van der Waals surface area (Å²) in [4.78, 5) is 7.17. The molecule has 3 rings (SSSR count). The van der Waals surface area contributed by atoms with E-state index < -0.39 is 0 Å². The molecule has 0 aliphatic carbocycles. The number of guanidine groups is 1. The second kappa shape index (κ2) is 10.9. The van der Waals surface area contributed by atoms with Crippen molar-refractivity contribution in [1.29, 1.82) is 5.41 Å². The Bertz CT molecular complexity index is 760. The normalized spacial score (nSPS) is 10.8. The number of hydrogen-bond acceptors (Lipinski definition) is 2. The monoisotopic (exact) mass is 375 g/mol. The van der Waals surface area contributed by atoms with Crippen molar-refractivity contribution in [3.8, 4) is 0 Å². The number of aryl methyl sites for hydroxylation is 1. The molecule has 2 aromatic carbocycles. The Kier molecular flexibility index (Phi) is 7.67. The summed E-state index contributed by atoms with van der Waals surface area (Å²) < 4.78 is 0. The van der Waals surface area contributed by atoms with E-state index in [1.807, 2.05) is 6.20 Å². The van der Waals surface area contributed by atoms with E-state index in [9.17, 15) is 0 Å². The molecule has 0 bridgehead atoms. The van der Waals surface area contributed by atoms with E-state index in [1.165, 1.54) is 11.1 Å². The average molecular weight is 376 g/mol. The van der Waals surface area contributed by atoms with Crippen LogP contribution in [-0.4, -0.2) is 29.0 Å². The molecule has 4 N–H and O–H groups in total. The number of aromatic amines is 1. The van der Waals surface area contributed by atoms with Gasteiger partial charge in [0.15, 0.2) is 5.96 Å². The summed E-state index contributed by atoms with van der Waals surface area (Å²) in [6.07, 6.45) is 7.54. The van der Waals surface area contributed by atoms with E-state index in [0.717, 1.165) is 44.5 Å². The second-order valence-corrected chi connectivity index (χ2v) is 6.91. The largest absolute Gasteiger partial charge is 0.357 e. The Morgan fingerprint density at radius 1 is 0.893 bits per heavy atom. The number of aromatic nitrogens is 2. The molecule has 0 saturated heterocycles. The van der Waals surface area contributed by atoms with Crippen molar-refractivity contribution in [2.24, 2.45) is 0 Å². The number of benzene rings is 2. The first-order valence-corrected chi connectivity index (χ1v) is 9.97. The van der Waals surface area contributed by atoms with Crippen molar-refractivity contribution in [1.82, 2.24) is 20.6 Å². The highest BCUT2D eigenvalue weighted by molar-refractivity contribution is 5.76. The predicted molar refractivity (Wildman–Crippen MR) is 115 cm³/mol. The fourth-order valence-electron chi connectivity index (χ4n) is 3.39. The lowest BCUT2D eigenvalue weighted by atomic mass is 9.87. The van der Waals surface area contributed by atoms with Gasteiger partial charge >= 0.3 is 0 Å². The van der Waals surface area contributed by atoms with Gasteiger partial charge in [-0.2, -0.15) is 0 Å². The van der Waals surface area contributed by atoms with E-state index in [1.54, 1.807) is 6.33 Å². The zero-order valence-corrected chi connectivity index (χ0v) is 16.2. The molecule has 0 unspecified atom stereocenters. The van der Waals surface area contributed by atoms with Crippen molar-refractivity contribution in [2.75, 3.05) is 13.1 Å². The minimum Gasteiger partial charge on any atom is -0.357 e. The van der Waals surface area contributed by atoms with Crippen LogP contribution in [0.3, 0.4) is 0 Å². The molecule has 0 saturated carbocycles. The number of nitrogens with one attached hydrogen (secondary N) is 4. The summed E-state index contributed by atoms with van der Waals surface area (Å²) in [5, 5.41) is 14.3. The number of rotatable bonds is 10. The van der Waals surface area contributed by atoms with Gasteiger partial charge in [0.2, 0.25) is 0 Å². The predicted octanol–water partition coefficient (Wildman–Crippen LogP) is 4.07. The van der Waals surface area contributed by atoms with Crippen LogP contribution in [0, 0.1) is 5.41 Å². The Morgan fingerprint density at radius 2 is 1.50 bits per heavy atom. The molecule has 1 heterocycles. The lowest BCUT2D eigenvalue weighted by Crippen LogP contribution is -2.37. The molecular weight excluding hydrogens is 346 g/mol. The van der Waals surface area contributed by atoms with Crippen molar-refractivity contribution in [3.05, 3.63) is 90.0 Å². The van der Waals surface area contributed by atoms with Gasteiger partial charge in [0, 0.05) is 25.2 Å². The fraction of sp³-hybridized carbons (Fsp3) is 0.304. The van der Waals surface area contributed by atoms with E-state index in [2.05, 4.69) is 81.3 Å². The highest BCUT2D eigenvalue weighted by atomic mass is 15.1. The first kappa shape index (κ1) is 19.7. The number of hydrogen-bond donors (Lipinski definition) is 4. The van der Waals surface area contributed by atoms with E-state index in [0.29, 0.717) is 11.9 Å². The molecule has 0 atom stereocenters. The molecule has 28 heavy (non-hydrogen) atoms. The molecule has 0 aliphatic heterocycles. The van der Waals surface area contributed by atoms with Gasteiger partial charge in [0.25, 0.3) is 0 Å². The zero-order valence-electron chi connectivity index (χ0n) is 16.2. The molecule has 5 nitrogen and oxygen atoms in total. The van der Waals surface area contributed by atoms with Crippen LogP contribution in [-0.2, 0) is 6.42 Å². The smallest absolute Gasteiger partial charge is 0.188 e. The number of H-pyrrole nitrogens is 1. The lowest BCUT2D eigenvalue weighted by molar-refractivity contribution is 0.638. The van der Waals surface area contributed by atoms with E-state index in [4.69, 9.17) is 5.41 Å². The Labute approximate surface area is 167 Å². The zero-order chi connectivity index (χ0) is 19.4. The van der Waals surface area contributed by atoms with Crippen LogP contribution >= 0.6 is 0 Å². The van der Waals surface area contributed by atoms with E-state index in [-0.39, 0.29) is 0 Å². The van der Waals surface area contributed by atoms with Crippen LogP contribution in [0.25, 0.3) is 0 Å². The summed E-state index contributed by atoms with van der Waals surface area (Å²) in [7, 11) is 0. The minimum absolute atomic E-state index is 0.389. The topological polar surface area (TPSA) is 76.6 Å². The molecule has 1 aromatic heterocycles. The first-order chi connectivity index (χ1) is 13.8. The third-order valence-corrected chi connectivity index (χ3v) is 4.84. The van der Waals surface area contributed by atoms with Gasteiger partial charge in [-0.05, 0) is 36.8 Å². The van der Waals surface area contributed by atoms with E-state index >= 15 is 0 Å². The van der Waals surface area contributed by atoms with Crippen LogP contribution in [0.1, 0.15) is 42.0 Å². The second-order valence-electron chi connectivity index (χ2n) is 6.91. The molecule has 146 valence electrons. The molecule has 5 heteroatoms. The molecule has 0 spiro atoms. The molecular formula is C23H29N5. The quantitative estimate of drug-likeness (QED) is 0.245. The summed E-state index contributed by atoms with van der Waals surface area (Å²) >= 11 is 0. The van der Waals surface area contributed by atoms with Gasteiger partial charge in [0.1, 0.15) is 0 Å². The van der Waals surface area contributed by atoms with Crippen molar-refractivity contribution >= 4 is 5.96 Å². The van der Waals surface area contributed by atoms with Crippen LogP contribution in [0.15, 0.2) is 73.2 Å². The summed E-state index contributed by atoms with van der Waals surface area (Å²) in [5.41, 5.74) is 3.76. The van der Waals surface area contributed by atoms with Crippen molar-refractivity contribution in [2.45, 2.75) is 31.6 Å². The van der Waals surface area contributed by atoms with Gasteiger partial charge in [-0.1, -0.05) is 60.7 Å². The lowest BCUT2D eigenvalue weighted by Gasteiger charge is -2.18. The fourth-order valence-corrected chi connectivity index (χ4v) is 3.39. The average Bonchev–Trinajstić information content (AvgIpc) is 3.26. The summed E-state index contributed by atoms with van der Waals surface area (Å²) in [6, 6.07) is 21.3. The standard InChI is InChI=1S/C23H29N5/c24-23(26-15-7-13-21-17-25-18-28-21)27-16-8-14-22(19-9-3-1-4-10-19)20-11-5-2-6-12-20/h1-6,9-12,17-18,22H,7-8,13-16H2,(H,25,28)(H3,24,26,27). The molecule has 0 fully saturated rings. The summed E-state index contributed by atoms with van der Waals surface area (Å²) in [6.45, 7) is 1.57. The van der Waals surface area contributed by atoms with Gasteiger partial charge in [0.05, 0.1) is 12.0 Å². The third-order valence-electron chi connectivity index (χ3n) is 4.84. The van der Waals surface area contributed by atoms with Gasteiger partial charge in [-0.15, -0.1) is 0 Å². The molecule has 0 radical (unpaired) electrons. The Hall–Kier alpha value is -3.08. The van der Waals surface area contributed by atoms with Crippen LogP contribution < -0.4 is 10.6 Å². The number of imidazole rings is 1. The Morgan fingerprint density at radius 3 is 2.07 bits per heavy atom. The molecule has 3 aromatic rings. The van der Waals surface area contributed by atoms with Crippen LogP contribution in [0.5, 0.6) is 0 Å². The van der Waals surface area contributed by atoms with Crippen molar-refractivity contribution in [3.63, 3.8) is 0 Å². The summed E-state index contributed by atoms with van der Waals surface area (Å²) in [5.74, 6) is 0.790. The molecule has 0 amide bonds. The minimum atomic E-state index is 0.389. The maximum Gasteiger partial charge on any atom is 0.188 e. The van der Waals surface area contributed by atoms with Crippen molar-refractivity contribution < 1.29 is 0 Å². The van der Waals surface area contributed by atoms with Crippen LogP contribution in [0.4, 0.5) is 0 Å². The van der Waals surface area contributed by atoms with Gasteiger partial charge in [-0.3, -0.25) is 5.41 Å². The van der Waals surface area contributed by atoms with Crippen LogP contribution in [0.2, 0.25) is 0 Å². The van der Waals surface area contributed by atoms with Gasteiger partial charge < -0.3 is 15.6 Å². The number of nitrogens with zero attached hydrogens (tertiary/aromatic N) is 1. The highest BCUT2D eigenvalue weighted by Crippen LogP contribution is 2.28. The first-order valence-electron chi connectivity index (χ1n) is 9.97. The maximum absolute atomic E-state index is 8.01.